The maximum Gasteiger partial charge on any atom is 0.433 e. The van der Waals surface area contributed by atoms with Crippen molar-refractivity contribution in [2.24, 2.45) is 5.84 Å². The number of aromatic nitrogens is 2. The van der Waals surface area contributed by atoms with Gasteiger partial charge in [0.05, 0.1) is 0 Å². The molecule has 0 bridgehead atoms. The van der Waals surface area contributed by atoms with Gasteiger partial charge in [0.2, 0.25) is 11.9 Å². The van der Waals surface area contributed by atoms with E-state index < -0.39 is 11.9 Å². The summed E-state index contributed by atoms with van der Waals surface area (Å²) in [6, 6.07) is 0.879. The van der Waals surface area contributed by atoms with Gasteiger partial charge in [0, 0.05) is 39.2 Å². The van der Waals surface area contributed by atoms with Gasteiger partial charge >= 0.3 is 6.18 Å². The number of hydrogen-bond donors (Lipinski definition) is 2. The molecule has 1 amide bonds. The van der Waals surface area contributed by atoms with Crippen molar-refractivity contribution in [2.75, 3.05) is 36.5 Å². The highest BCUT2D eigenvalue weighted by molar-refractivity contribution is 5.73. The number of rotatable bonds is 2. The van der Waals surface area contributed by atoms with Crippen molar-refractivity contribution < 1.29 is 18.0 Å². The fourth-order valence-electron chi connectivity index (χ4n) is 2.06. The zero-order valence-electron chi connectivity index (χ0n) is 11.3. The minimum atomic E-state index is -4.58. The molecule has 1 aliphatic rings. The molecule has 116 valence electrons. The molecular formula is C11H15F3N6O. The Bertz CT molecular complexity index is 527. The molecule has 0 aromatic carbocycles. The number of anilines is 2. The van der Waals surface area contributed by atoms with Crippen LogP contribution in [0.25, 0.3) is 0 Å². The minimum absolute atomic E-state index is 0.0577. The second-order valence-corrected chi connectivity index (χ2v) is 4.57. The van der Waals surface area contributed by atoms with Gasteiger partial charge in [-0.2, -0.15) is 18.2 Å². The quantitative estimate of drug-likeness (QED) is 0.609. The van der Waals surface area contributed by atoms with Gasteiger partial charge in [-0.3, -0.25) is 10.2 Å². The van der Waals surface area contributed by atoms with Crippen LogP contribution in [0.1, 0.15) is 12.6 Å². The van der Waals surface area contributed by atoms with Gasteiger partial charge < -0.3 is 9.80 Å². The molecule has 0 aliphatic carbocycles. The SMILES string of the molecule is CC(=O)N1CCN(c2cc(C(F)(F)F)nc(NN)n2)CC1. The minimum Gasteiger partial charge on any atom is -0.353 e. The van der Waals surface area contributed by atoms with E-state index in [0.29, 0.717) is 26.2 Å². The number of hydrogen-bond acceptors (Lipinski definition) is 6. The van der Waals surface area contributed by atoms with E-state index in [0.717, 1.165) is 6.07 Å². The number of alkyl halides is 3. The van der Waals surface area contributed by atoms with Gasteiger partial charge in [0.25, 0.3) is 0 Å². The smallest absolute Gasteiger partial charge is 0.353 e. The van der Waals surface area contributed by atoms with Crippen LogP contribution in [0.15, 0.2) is 6.07 Å². The predicted octanol–water partition coefficient (Wildman–Crippen LogP) is 0.450. The monoisotopic (exact) mass is 304 g/mol. The van der Waals surface area contributed by atoms with Gasteiger partial charge in [-0.05, 0) is 0 Å². The fraction of sp³-hybridized carbons (Fsp3) is 0.545. The highest BCUT2D eigenvalue weighted by Crippen LogP contribution is 2.30. The van der Waals surface area contributed by atoms with E-state index in [2.05, 4.69) is 9.97 Å². The first kappa shape index (κ1) is 15.3. The molecule has 0 atom stereocenters. The number of amides is 1. The molecule has 1 aromatic rings. The number of nitrogen functional groups attached to an aromatic ring is 1. The van der Waals surface area contributed by atoms with Crippen LogP contribution in [-0.4, -0.2) is 47.0 Å². The second kappa shape index (κ2) is 5.72. The predicted molar refractivity (Wildman–Crippen MR) is 69.3 cm³/mol. The van der Waals surface area contributed by atoms with E-state index in [1.54, 1.807) is 9.80 Å². The largest absolute Gasteiger partial charge is 0.433 e. The van der Waals surface area contributed by atoms with E-state index in [1.807, 2.05) is 5.43 Å². The molecule has 0 saturated carbocycles. The summed E-state index contributed by atoms with van der Waals surface area (Å²) in [5, 5.41) is 0. The van der Waals surface area contributed by atoms with Crippen LogP contribution in [0.3, 0.4) is 0 Å². The molecule has 0 unspecified atom stereocenters. The molecule has 1 aromatic heterocycles. The van der Waals surface area contributed by atoms with Crippen molar-refractivity contribution in [3.05, 3.63) is 11.8 Å². The Balaban J connectivity index is 2.22. The molecule has 1 fully saturated rings. The first-order chi connectivity index (χ1) is 9.81. The van der Waals surface area contributed by atoms with Crippen molar-refractivity contribution in [1.82, 2.24) is 14.9 Å². The lowest BCUT2D eigenvalue weighted by Gasteiger charge is -2.35. The summed E-state index contributed by atoms with van der Waals surface area (Å²) in [6.07, 6.45) is -4.58. The zero-order valence-corrected chi connectivity index (χ0v) is 11.3. The van der Waals surface area contributed by atoms with E-state index in [4.69, 9.17) is 5.84 Å². The van der Waals surface area contributed by atoms with Crippen molar-refractivity contribution in [3.63, 3.8) is 0 Å². The Morgan fingerprint density at radius 3 is 2.38 bits per heavy atom. The molecule has 1 saturated heterocycles. The Kier molecular flexibility index (Phi) is 4.16. The molecule has 3 N–H and O–H groups in total. The van der Waals surface area contributed by atoms with Crippen LogP contribution >= 0.6 is 0 Å². The van der Waals surface area contributed by atoms with Gasteiger partial charge in [0.15, 0.2) is 5.69 Å². The summed E-state index contributed by atoms with van der Waals surface area (Å²) in [4.78, 5) is 21.8. The summed E-state index contributed by atoms with van der Waals surface area (Å²) in [5.74, 6) is 4.89. The topological polar surface area (TPSA) is 87.4 Å². The number of nitrogens with zero attached hydrogens (tertiary/aromatic N) is 4. The highest BCUT2D eigenvalue weighted by atomic mass is 19.4. The number of carbonyl (C=O) groups is 1. The summed E-state index contributed by atoms with van der Waals surface area (Å²) in [7, 11) is 0. The maximum atomic E-state index is 12.8. The summed E-state index contributed by atoms with van der Waals surface area (Å²) in [5.41, 5.74) is 0.972. The molecule has 7 nitrogen and oxygen atoms in total. The van der Waals surface area contributed by atoms with Crippen LogP contribution in [0.4, 0.5) is 24.9 Å². The van der Waals surface area contributed by atoms with Crippen LogP contribution in [0.5, 0.6) is 0 Å². The summed E-state index contributed by atoms with van der Waals surface area (Å²) >= 11 is 0. The Morgan fingerprint density at radius 2 is 1.90 bits per heavy atom. The van der Waals surface area contributed by atoms with Crippen LogP contribution < -0.4 is 16.2 Å². The first-order valence-corrected chi connectivity index (χ1v) is 6.24. The van der Waals surface area contributed by atoms with Crippen molar-refractivity contribution >= 4 is 17.7 Å². The molecule has 1 aliphatic heterocycles. The normalized spacial score (nSPS) is 16.0. The fourth-order valence-corrected chi connectivity index (χ4v) is 2.06. The molecule has 0 spiro atoms. The number of piperazine rings is 1. The average molecular weight is 304 g/mol. The molecule has 2 heterocycles. The maximum absolute atomic E-state index is 12.8. The lowest BCUT2D eigenvalue weighted by Crippen LogP contribution is -2.48. The molecular weight excluding hydrogens is 289 g/mol. The van der Waals surface area contributed by atoms with Crippen LogP contribution in [-0.2, 0) is 11.0 Å². The summed E-state index contributed by atoms with van der Waals surface area (Å²) < 4.78 is 38.4. The van der Waals surface area contributed by atoms with Crippen molar-refractivity contribution in [3.8, 4) is 0 Å². The summed E-state index contributed by atoms with van der Waals surface area (Å²) in [6.45, 7) is 3.13. The van der Waals surface area contributed by atoms with E-state index in [1.165, 1.54) is 6.92 Å². The number of halogens is 3. The highest BCUT2D eigenvalue weighted by Gasteiger charge is 2.34. The third-order valence-corrected chi connectivity index (χ3v) is 3.18. The van der Waals surface area contributed by atoms with Gasteiger partial charge in [-0.1, -0.05) is 0 Å². The third kappa shape index (κ3) is 3.51. The van der Waals surface area contributed by atoms with Crippen molar-refractivity contribution in [1.29, 1.82) is 0 Å². The van der Waals surface area contributed by atoms with Crippen molar-refractivity contribution in [2.45, 2.75) is 13.1 Å². The number of nitrogens with one attached hydrogen (secondary N) is 1. The van der Waals surface area contributed by atoms with E-state index >= 15 is 0 Å². The Hall–Kier alpha value is -2.10. The van der Waals surface area contributed by atoms with Crippen LogP contribution in [0.2, 0.25) is 0 Å². The zero-order chi connectivity index (χ0) is 15.6. The van der Waals surface area contributed by atoms with Gasteiger partial charge in [0.1, 0.15) is 5.82 Å². The Labute approximate surface area is 118 Å². The van der Waals surface area contributed by atoms with Crippen LogP contribution in [0, 0.1) is 0 Å². The molecule has 10 heteroatoms. The number of nitrogens with two attached hydrogens (primary N) is 1. The molecule has 0 radical (unpaired) electrons. The third-order valence-electron chi connectivity index (χ3n) is 3.18. The molecule has 2 rings (SSSR count). The average Bonchev–Trinajstić information content (AvgIpc) is 2.46. The van der Waals surface area contributed by atoms with Gasteiger partial charge in [-0.15, -0.1) is 0 Å². The first-order valence-electron chi connectivity index (χ1n) is 6.24. The number of carbonyl (C=O) groups excluding carboxylic acids is 1. The second-order valence-electron chi connectivity index (χ2n) is 4.57. The van der Waals surface area contributed by atoms with E-state index in [9.17, 15) is 18.0 Å². The standard InChI is InChI=1S/C11H15F3N6O/c1-7(21)19-2-4-20(5-3-19)9-6-8(11(12,13)14)16-10(17-9)18-15/h6H,2-5,15H2,1H3,(H,16,17,18). The lowest BCUT2D eigenvalue weighted by atomic mass is 10.3. The van der Waals surface area contributed by atoms with E-state index in [-0.39, 0.29) is 17.7 Å². The lowest BCUT2D eigenvalue weighted by molar-refractivity contribution is -0.141. The number of hydrazine groups is 1. The Morgan fingerprint density at radius 1 is 1.29 bits per heavy atom. The van der Waals surface area contributed by atoms with Gasteiger partial charge in [-0.25, -0.2) is 10.8 Å². The molecule has 21 heavy (non-hydrogen) atoms.